The fraction of sp³-hybridized carbons (Fsp3) is 0.273. The highest BCUT2D eigenvalue weighted by molar-refractivity contribution is 6.38. The number of halogens is 5. The number of nitrogens with zero attached hydrogens (tertiary/aromatic N) is 3. The zero-order valence-electron chi connectivity index (χ0n) is 10.8. The van der Waals surface area contributed by atoms with Crippen molar-refractivity contribution in [2.75, 3.05) is 12.5 Å². The monoisotopic (exact) mass is 340 g/mol. The van der Waals surface area contributed by atoms with Crippen LogP contribution < -0.4 is 11.1 Å². The molecule has 1 heterocycles. The van der Waals surface area contributed by atoms with Gasteiger partial charge in [0.05, 0.1) is 15.6 Å². The maximum Gasteiger partial charge on any atom is 0.417 e. The Balaban J connectivity index is 2.79. The van der Waals surface area contributed by atoms with Gasteiger partial charge < -0.3 is 5.43 Å². The van der Waals surface area contributed by atoms with Crippen LogP contribution in [0.4, 0.5) is 13.2 Å². The van der Waals surface area contributed by atoms with Crippen LogP contribution in [0, 0.1) is 6.92 Å². The van der Waals surface area contributed by atoms with E-state index >= 15 is 0 Å². The second-order valence-electron chi connectivity index (χ2n) is 4.06. The van der Waals surface area contributed by atoms with Crippen molar-refractivity contribution in [2.45, 2.75) is 13.1 Å². The smallest absolute Gasteiger partial charge is 0.323 e. The lowest BCUT2D eigenvalue weighted by Crippen LogP contribution is -2.29. The van der Waals surface area contributed by atoms with Gasteiger partial charge in [0.25, 0.3) is 0 Å². The van der Waals surface area contributed by atoms with E-state index < -0.39 is 22.5 Å². The molecule has 0 amide bonds. The van der Waals surface area contributed by atoms with Gasteiger partial charge in [-0.25, -0.2) is 4.79 Å². The Morgan fingerprint density at radius 3 is 2.38 bits per heavy atom. The molecule has 0 spiro atoms. The number of alkyl halides is 3. The van der Waals surface area contributed by atoms with Crippen LogP contribution in [0.15, 0.2) is 16.9 Å². The van der Waals surface area contributed by atoms with Gasteiger partial charge >= 0.3 is 11.9 Å². The summed E-state index contributed by atoms with van der Waals surface area (Å²) < 4.78 is 40.4. The largest absolute Gasteiger partial charge is 0.417 e. The highest BCUT2D eigenvalue weighted by Gasteiger charge is 2.35. The number of aromatic nitrogens is 3. The van der Waals surface area contributed by atoms with E-state index in [-0.39, 0.29) is 16.5 Å². The summed E-state index contributed by atoms with van der Waals surface area (Å²) in [6, 6.07) is 1.77. The molecule has 5 nitrogen and oxygen atoms in total. The minimum atomic E-state index is -4.67. The van der Waals surface area contributed by atoms with Crippen LogP contribution in [0.1, 0.15) is 11.4 Å². The van der Waals surface area contributed by atoms with E-state index in [0.717, 1.165) is 21.5 Å². The highest BCUT2D eigenvalue weighted by Crippen LogP contribution is 2.39. The van der Waals surface area contributed by atoms with Gasteiger partial charge in [-0.15, -0.1) is 5.10 Å². The van der Waals surface area contributed by atoms with Crippen molar-refractivity contribution in [3.8, 4) is 5.69 Å². The first-order valence-corrected chi connectivity index (χ1v) is 6.36. The maximum atomic E-state index is 12.9. The molecule has 0 radical (unpaired) electrons. The van der Waals surface area contributed by atoms with E-state index in [2.05, 4.69) is 10.5 Å². The molecule has 2 aromatic rings. The molecule has 0 unspecified atom stereocenters. The van der Waals surface area contributed by atoms with Crippen molar-refractivity contribution >= 4 is 23.2 Å². The number of hydrogen-bond donors (Lipinski definition) is 1. The molecule has 114 valence electrons. The van der Waals surface area contributed by atoms with E-state index in [4.69, 9.17) is 23.2 Å². The lowest BCUT2D eigenvalue weighted by Gasteiger charge is -2.13. The van der Waals surface area contributed by atoms with Gasteiger partial charge in [0.2, 0.25) is 0 Å². The summed E-state index contributed by atoms with van der Waals surface area (Å²) in [5, 5.41) is 3.07. The van der Waals surface area contributed by atoms with E-state index in [1.165, 1.54) is 14.0 Å². The van der Waals surface area contributed by atoms with Gasteiger partial charge in [0, 0.05) is 7.05 Å². The van der Waals surface area contributed by atoms with Gasteiger partial charge in [0.15, 0.2) is 5.82 Å². The SMILES string of the molecule is CNn1c(C)nn(-c2c(Cl)ccc(C(F)(F)F)c2Cl)c1=O. The number of aryl methyl sites for hydroxylation is 1. The zero-order valence-corrected chi connectivity index (χ0v) is 12.3. The zero-order chi connectivity index (χ0) is 15.9. The van der Waals surface area contributed by atoms with Crippen molar-refractivity contribution in [1.82, 2.24) is 14.5 Å². The molecule has 1 aromatic carbocycles. The van der Waals surface area contributed by atoms with Crippen LogP contribution >= 0.6 is 23.2 Å². The second kappa shape index (κ2) is 5.27. The van der Waals surface area contributed by atoms with Crippen LogP contribution in [0.2, 0.25) is 10.0 Å². The molecule has 0 saturated carbocycles. The molecule has 10 heteroatoms. The van der Waals surface area contributed by atoms with Gasteiger partial charge in [-0.05, 0) is 19.1 Å². The standard InChI is InChI=1S/C11H9Cl2F3N4O/c1-5-18-20(10(21)19(5)17-2)9-7(12)4-3-6(8(9)13)11(14,15)16/h3-4,17H,1-2H3. The van der Waals surface area contributed by atoms with Crippen molar-refractivity contribution in [3.05, 3.63) is 44.1 Å². The van der Waals surface area contributed by atoms with Crippen LogP contribution in [0.25, 0.3) is 5.69 Å². The molecule has 0 aliphatic carbocycles. The number of rotatable bonds is 2. The average molecular weight is 341 g/mol. The molecule has 0 aliphatic rings. The fourth-order valence-electron chi connectivity index (χ4n) is 1.82. The van der Waals surface area contributed by atoms with E-state index in [0.29, 0.717) is 0 Å². The third-order valence-electron chi connectivity index (χ3n) is 2.75. The molecule has 0 fully saturated rings. The topological polar surface area (TPSA) is 51.9 Å². The molecule has 1 aromatic heterocycles. The number of benzene rings is 1. The Kier molecular flexibility index (Phi) is 3.94. The van der Waals surface area contributed by atoms with Gasteiger partial charge in [-0.2, -0.15) is 22.5 Å². The highest BCUT2D eigenvalue weighted by atomic mass is 35.5. The van der Waals surface area contributed by atoms with Crippen LogP contribution in [0.5, 0.6) is 0 Å². The molecule has 0 aliphatic heterocycles. The first-order valence-electron chi connectivity index (χ1n) is 5.60. The van der Waals surface area contributed by atoms with Crippen molar-refractivity contribution in [1.29, 1.82) is 0 Å². The summed E-state index contributed by atoms with van der Waals surface area (Å²) in [6.07, 6.45) is -4.67. The van der Waals surface area contributed by atoms with Crippen LogP contribution in [-0.4, -0.2) is 21.5 Å². The molecule has 21 heavy (non-hydrogen) atoms. The van der Waals surface area contributed by atoms with E-state index in [1.807, 2.05) is 0 Å². The van der Waals surface area contributed by atoms with Crippen LogP contribution in [-0.2, 0) is 6.18 Å². The molecular formula is C11H9Cl2F3N4O. The first-order chi connectivity index (χ1) is 9.68. The minimum absolute atomic E-state index is 0.115. The Hall–Kier alpha value is -1.67. The Labute approximate surface area is 126 Å². The molecule has 1 N–H and O–H groups in total. The lowest BCUT2D eigenvalue weighted by atomic mass is 10.2. The Bertz CT molecular complexity index is 751. The molecule has 0 saturated heterocycles. The maximum absolute atomic E-state index is 12.9. The van der Waals surface area contributed by atoms with Gasteiger partial charge in [0.1, 0.15) is 5.69 Å². The fourth-order valence-corrected chi connectivity index (χ4v) is 2.46. The number of hydrogen-bond acceptors (Lipinski definition) is 3. The quantitative estimate of drug-likeness (QED) is 0.914. The Morgan fingerprint density at radius 2 is 1.90 bits per heavy atom. The third-order valence-corrected chi connectivity index (χ3v) is 3.44. The summed E-state index contributed by atoms with van der Waals surface area (Å²) in [5.74, 6) is 0.243. The first kappa shape index (κ1) is 15.7. The van der Waals surface area contributed by atoms with E-state index in [9.17, 15) is 18.0 Å². The minimum Gasteiger partial charge on any atom is -0.323 e. The summed E-state index contributed by atoms with van der Waals surface area (Å²) in [7, 11) is 1.47. The Morgan fingerprint density at radius 1 is 1.29 bits per heavy atom. The molecular weight excluding hydrogens is 332 g/mol. The molecule has 2 rings (SSSR count). The normalized spacial score (nSPS) is 11.8. The molecule has 0 atom stereocenters. The van der Waals surface area contributed by atoms with Crippen molar-refractivity contribution in [2.24, 2.45) is 0 Å². The molecule has 0 bridgehead atoms. The van der Waals surface area contributed by atoms with Gasteiger partial charge in [-0.3, -0.25) is 0 Å². The number of nitrogens with one attached hydrogen (secondary N) is 1. The van der Waals surface area contributed by atoms with Crippen molar-refractivity contribution < 1.29 is 13.2 Å². The van der Waals surface area contributed by atoms with E-state index in [1.54, 1.807) is 0 Å². The lowest BCUT2D eigenvalue weighted by molar-refractivity contribution is -0.137. The summed E-state index contributed by atoms with van der Waals surface area (Å²) >= 11 is 11.7. The second-order valence-corrected chi connectivity index (χ2v) is 4.84. The summed E-state index contributed by atoms with van der Waals surface area (Å²) in [4.78, 5) is 12.1. The van der Waals surface area contributed by atoms with Gasteiger partial charge in [-0.1, -0.05) is 23.2 Å². The van der Waals surface area contributed by atoms with Crippen LogP contribution in [0.3, 0.4) is 0 Å². The summed E-state index contributed by atoms with van der Waals surface area (Å²) in [6.45, 7) is 1.50. The average Bonchev–Trinajstić information content (AvgIpc) is 2.63. The predicted molar refractivity (Wildman–Crippen MR) is 72.9 cm³/mol. The van der Waals surface area contributed by atoms with Crippen molar-refractivity contribution in [3.63, 3.8) is 0 Å². The third kappa shape index (κ3) is 2.60. The summed E-state index contributed by atoms with van der Waals surface area (Å²) in [5.41, 5.74) is 0.439. The predicted octanol–water partition coefficient (Wildman–Crippen LogP) is 2.84.